The normalized spacial score (nSPS) is 10.7. The third-order valence-corrected chi connectivity index (χ3v) is 5.67. The van der Waals surface area contributed by atoms with Gasteiger partial charge in [0.25, 0.3) is 5.91 Å². The van der Waals surface area contributed by atoms with E-state index in [0.29, 0.717) is 34.0 Å². The van der Waals surface area contributed by atoms with E-state index in [4.69, 9.17) is 21.4 Å². The summed E-state index contributed by atoms with van der Waals surface area (Å²) in [6.07, 6.45) is 0. The number of nitrogens with one attached hydrogen (secondary N) is 2. The summed E-state index contributed by atoms with van der Waals surface area (Å²) in [6, 6.07) is 20.5. The number of hydrogen-bond donors (Lipinski definition) is 2. The maximum absolute atomic E-state index is 12.4. The van der Waals surface area contributed by atoms with E-state index in [-0.39, 0.29) is 11.0 Å². The first-order chi connectivity index (χ1) is 16.5. The second kappa shape index (κ2) is 10.4. The first kappa shape index (κ1) is 23.3. The minimum Gasteiger partial charge on any atom is -0.497 e. The van der Waals surface area contributed by atoms with E-state index >= 15 is 0 Å². The number of rotatable bonds is 7. The number of aromatic nitrogens is 1. The molecule has 1 amide bonds. The maximum atomic E-state index is 12.4. The molecule has 0 saturated heterocycles. The van der Waals surface area contributed by atoms with Gasteiger partial charge in [0.2, 0.25) is 5.89 Å². The predicted octanol–water partition coefficient (Wildman–Crippen LogP) is 5.48. The molecule has 2 N–H and O–H groups in total. The van der Waals surface area contributed by atoms with Crippen LogP contribution in [0.2, 0.25) is 0 Å². The van der Waals surface area contributed by atoms with Gasteiger partial charge in [0.15, 0.2) is 10.7 Å². The van der Waals surface area contributed by atoms with Gasteiger partial charge >= 0.3 is 0 Å². The number of benzene rings is 3. The zero-order valence-corrected chi connectivity index (χ0v) is 20.1. The van der Waals surface area contributed by atoms with Gasteiger partial charge in [-0.15, -0.1) is 0 Å². The minimum atomic E-state index is -0.307. The molecular formula is C26H26N4O3S. The fraction of sp³-hybridized carbons (Fsp3) is 0.192. The molecule has 3 aromatic carbocycles. The molecule has 1 aromatic heterocycles. The van der Waals surface area contributed by atoms with Crippen molar-refractivity contribution in [1.82, 2.24) is 10.3 Å². The van der Waals surface area contributed by atoms with Crippen molar-refractivity contribution in [2.45, 2.75) is 13.8 Å². The number of methoxy groups -OCH3 is 1. The van der Waals surface area contributed by atoms with Gasteiger partial charge in [-0.2, -0.15) is 0 Å². The number of ether oxygens (including phenoxy) is 1. The molecule has 4 rings (SSSR count). The lowest BCUT2D eigenvalue weighted by Gasteiger charge is -2.20. The third-order valence-electron chi connectivity index (χ3n) is 5.47. The minimum absolute atomic E-state index is 0.191. The van der Waals surface area contributed by atoms with E-state index < -0.39 is 0 Å². The summed E-state index contributed by atoms with van der Waals surface area (Å²) >= 11 is 5.30. The standard InChI is InChI=1S/C26H26N4O3S/c1-4-30(5-2)20-11-6-18(7-12-20)25-28-22-16-19(10-15-23(22)33-25)27-26(34)29-24(31)17-8-13-21(32-3)14-9-17/h6-16H,4-5H2,1-3H3,(H2,27,29,31,34). The van der Waals surface area contributed by atoms with E-state index in [1.54, 1.807) is 31.4 Å². The number of thiocarbonyl (C=S) groups is 1. The zero-order chi connectivity index (χ0) is 24.1. The van der Waals surface area contributed by atoms with Gasteiger partial charge in [0, 0.05) is 35.6 Å². The number of hydrogen-bond acceptors (Lipinski definition) is 6. The number of carbonyl (C=O) groups excluding carboxylic acids is 1. The predicted molar refractivity (Wildman–Crippen MR) is 140 cm³/mol. The molecule has 0 bridgehead atoms. The number of oxazole rings is 1. The summed E-state index contributed by atoms with van der Waals surface area (Å²) in [7, 11) is 1.58. The molecule has 174 valence electrons. The Labute approximate surface area is 203 Å². The highest BCUT2D eigenvalue weighted by Gasteiger charge is 2.12. The summed E-state index contributed by atoms with van der Waals surface area (Å²) in [5.74, 6) is 0.920. The Morgan fingerprint density at radius 3 is 2.38 bits per heavy atom. The van der Waals surface area contributed by atoms with Crippen LogP contribution >= 0.6 is 12.2 Å². The van der Waals surface area contributed by atoms with Crippen LogP contribution in [0, 0.1) is 0 Å². The van der Waals surface area contributed by atoms with Crippen LogP contribution in [-0.4, -0.2) is 36.2 Å². The monoisotopic (exact) mass is 474 g/mol. The first-order valence-corrected chi connectivity index (χ1v) is 11.4. The molecule has 0 saturated carbocycles. The molecule has 0 aliphatic heterocycles. The highest BCUT2D eigenvalue weighted by atomic mass is 32.1. The molecule has 0 aliphatic rings. The molecule has 4 aromatic rings. The second-order valence-corrected chi connectivity index (χ2v) is 7.97. The van der Waals surface area contributed by atoms with Crippen LogP contribution < -0.4 is 20.3 Å². The topological polar surface area (TPSA) is 79.6 Å². The van der Waals surface area contributed by atoms with Crippen molar-refractivity contribution in [2.24, 2.45) is 0 Å². The quantitative estimate of drug-likeness (QED) is 0.344. The van der Waals surface area contributed by atoms with Crippen molar-refractivity contribution < 1.29 is 13.9 Å². The molecule has 0 radical (unpaired) electrons. The number of amides is 1. The first-order valence-electron chi connectivity index (χ1n) is 11.0. The Hall–Kier alpha value is -3.91. The van der Waals surface area contributed by atoms with Crippen LogP contribution in [0.4, 0.5) is 11.4 Å². The van der Waals surface area contributed by atoms with Crippen LogP contribution in [0.5, 0.6) is 5.75 Å². The van der Waals surface area contributed by atoms with Crippen molar-refractivity contribution in [3.8, 4) is 17.2 Å². The smallest absolute Gasteiger partial charge is 0.257 e. The fourth-order valence-electron chi connectivity index (χ4n) is 3.61. The number of fused-ring (bicyclic) bond motifs is 1. The Kier molecular flexibility index (Phi) is 7.08. The molecule has 8 heteroatoms. The van der Waals surface area contributed by atoms with E-state index in [1.165, 1.54) is 5.69 Å². The summed E-state index contributed by atoms with van der Waals surface area (Å²) in [5, 5.41) is 5.90. The van der Waals surface area contributed by atoms with Gasteiger partial charge in [-0.25, -0.2) is 4.98 Å². The molecule has 34 heavy (non-hydrogen) atoms. The largest absolute Gasteiger partial charge is 0.497 e. The second-order valence-electron chi connectivity index (χ2n) is 7.56. The molecular weight excluding hydrogens is 448 g/mol. The van der Waals surface area contributed by atoms with Gasteiger partial charge in [-0.3, -0.25) is 10.1 Å². The number of anilines is 2. The summed E-state index contributed by atoms with van der Waals surface area (Å²) in [5.41, 5.74) is 4.61. The number of nitrogens with zero attached hydrogens (tertiary/aromatic N) is 2. The molecule has 7 nitrogen and oxygen atoms in total. The Morgan fingerprint density at radius 1 is 1.03 bits per heavy atom. The SMILES string of the molecule is CCN(CC)c1ccc(-c2nc3cc(NC(=S)NC(=O)c4ccc(OC)cc4)ccc3o2)cc1. The average Bonchev–Trinajstić information content (AvgIpc) is 3.28. The highest BCUT2D eigenvalue weighted by molar-refractivity contribution is 7.80. The van der Waals surface area contributed by atoms with Crippen LogP contribution in [0.25, 0.3) is 22.6 Å². The molecule has 0 aliphatic carbocycles. The molecule has 1 heterocycles. The van der Waals surface area contributed by atoms with Crippen LogP contribution in [0.3, 0.4) is 0 Å². The van der Waals surface area contributed by atoms with Crippen molar-refractivity contribution in [3.63, 3.8) is 0 Å². The molecule has 0 atom stereocenters. The molecule has 0 unspecified atom stereocenters. The van der Waals surface area contributed by atoms with Gasteiger partial charge in [0.05, 0.1) is 7.11 Å². The lowest BCUT2D eigenvalue weighted by Crippen LogP contribution is -2.34. The Bertz CT molecular complexity index is 1300. The number of carbonyl (C=O) groups is 1. The van der Waals surface area contributed by atoms with Crippen molar-refractivity contribution in [2.75, 3.05) is 30.4 Å². The van der Waals surface area contributed by atoms with E-state index in [2.05, 4.69) is 46.5 Å². The van der Waals surface area contributed by atoms with Crippen LogP contribution in [0.1, 0.15) is 24.2 Å². The zero-order valence-electron chi connectivity index (χ0n) is 19.3. The Morgan fingerprint density at radius 2 is 1.74 bits per heavy atom. The molecule has 0 spiro atoms. The summed E-state index contributed by atoms with van der Waals surface area (Å²) in [4.78, 5) is 19.3. The van der Waals surface area contributed by atoms with Gasteiger partial charge in [-0.05, 0) is 92.8 Å². The maximum Gasteiger partial charge on any atom is 0.257 e. The van der Waals surface area contributed by atoms with Crippen LogP contribution in [0.15, 0.2) is 71.1 Å². The van der Waals surface area contributed by atoms with Gasteiger partial charge in [0.1, 0.15) is 11.3 Å². The van der Waals surface area contributed by atoms with Crippen molar-refractivity contribution >= 4 is 45.7 Å². The average molecular weight is 475 g/mol. The summed E-state index contributed by atoms with van der Waals surface area (Å²) in [6.45, 7) is 6.19. The van der Waals surface area contributed by atoms with E-state index in [9.17, 15) is 4.79 Å². The summed E-state index contributed by atoms with van der Waals surface area (Å²) < 4.78 is 11.1. The molecule has 0 fully saturated rings. The van der Waals surface area contributed by atoms with Crippen molar-refractivity contribution in [1.29, 1.82) is 0 Å². The lowest BCUT2D eigenvalue weighted by atomic mass is 10.2. The third kappa shape index (κ3) is 5.18. The lowest BCUT2D eigenvalue weighted by molar-refractivity contribution is 0.0977. The highest BCUT2D eigenvalue weighted by Crippen LogP contribution is 2.28. The van der Waals surface area contributed by atoms with Crippen LogP contribution in [-0.2, 0) is 0 Å². The Balaban J connectivity index is 1.44. The van der Waals surface area contributed by atoms with Gasteiger partial charge < -0.3 is 19.4 Å². The van der Waals surface area contributed by atoms with E-state index in [0.717, 1.165) is 18.7 Å². The van der Waals surface area contributed by atoms with Crippen molar-refractivity contribution in [3.05, 3.63) is 72.3 Å². The fourth-order valence-corrected chi connectivity index (χ4v) is 3.82. The van der Waals surface area contributed by atoms with E-state index in [1.807, 2.05) is 30.3 Å². The van der Waals surface area contributed by atoms with Gasteiger partial charge in [-0.1, -0.05) is 0 Å².